The van der Waals surface area contributed by atoms with E-state index < -0.39 is 5.79 Å². The van der Waals surface area contributed by atoms with Crippen LogP contribution < -0.4 is 0 Å². The van der Waals surface area contributed by atoms with E-state index in [-0.39, 0.29) is 5.92 Å². The number of epoxide rings is 1. The van der Waals surface area contributed by atoms with Crippen molar-refractivity contribution in [3.8, 4) is 0 Å². The fraction of sp³-hybridized carbons (Fsp3) is 1.00. The molecule has 2 unspecified atom stereocenters. The molecule has 1 rings (SSSR count). The van der Waals surface area contributed by atoms with Crippen LogP contribution in [-0.4, -0.2) is 45.9 Å². The number of hydrogen-bond acceptors (Lipinski definition) is 4. The highest BCUT2D eigenvalue weighted by Crippen LogP contribution is 2.31. The largest absolute Gasteiger partial charge is 0.378 e. The van der Waals surface area contributed by atoms with Crippen LogP contribution in [0.25, 0.3) is 0 Å². The van der Waals surface area contributed by atoms with Crippen LogP contribution in [0.2, 0.25) is 0 Å². The Kier molecular flexibility index (Phi) is 10.3. The highest BCUT2D eigenvalue weighted by Gasteiger charge is 2.37. The Hall–Kier alpha value is -0.160. The van der Waals surface area contributed by atoms with E-state index in [1.165, 1.54) is 38.5 Å². The van der Waals surface area contributed by atoms with E-state index in [1.807, 2.05) is 0 Å². The first-order valence-corrected chi connectivity index (χ1v) is 9.02. The Balaban J connectivity index is 2.37. The van der Waals surface area contributed by atoms with Gasteiger partial charge in [0.25, 0.3) is 0 Å². The minimum Gasteiger partial charge on any atom is -0.378 e. The average molecular weight is 316 g/mol. The first kappa shape index (κ1) is 19.9. The Morgan fingerprint density at radius 1 is 1.05 bits per heavy atom. The molecule has 0 aromatic heterocycles. The van der Waals surface area contributed by atoms with Crippen LogP contribution in [0.5, 0.6) is 0 Å². The summed E-state index contributed by atoms with van der Waals surface area (Å²) in [6, 6.07) is 0. The second-order valence-corrected chi connectivity index (χ2v) is 6.32. The van der Waals surface area contributed by atoms with Crippen molar-refractivity contribution < 1.29 is 18.9 Å². The van der Waals surface area contributed by atoms with Gasteiger partial charge in [-0.2, -0.15) is 0 Å². The maximum Gasteiger partial charge on any atom is 0.172 e. The van der Waals surface area contributed by atoms with Crippen LogP contribution in [0.3, 0.4) is 0 Å². The number of ether oxygens (including phenoxy) is 4. The molecule has 132 valence electrons. The summed E-state index contributed by atoms with van der Waals surface area (Å²) < 4.78 is 22.5. The highest BCUT2D eigenvalue weighted by atomic mass is 16.7. The van der Waals surface area contributed by atoms with Gasteiger partial charge in [0.1, 0.15) is 6.10 Å². The lowest BCUT2D eigenvalue weighted by Gasteiger charge is -2.37. The van der Waals surface area contributed by atoms with E-state index in [0.717, 1.165) is 19.4 Å². The molecule has 0 bridgehead atoms. The van der Waals surface area contributed by atoms with E-state index >= 15 is 0 Å². The molecule has 0 aromatic rings. The first-order valence-electron chi connectivity index (χ1n) is 9.02. The van der Waals surface area contributed by atoms with Gasteiger partial charge in [-0.05, 0) is 12.8 Å². The molecule has 0 saturated carbocycles. The third kappa shape index (κ3) is 6.95. The van der Waals surface area contributed by atoms with Crippen molar-refractivity contribution >= 4 is 0 Å². The van der Waals surface area contributed by atoms with Crippen molar-refractivity contribution in [2.45, 2.75) is 77.1 Å². The molecule has 1 aliphatic rings. The standard InChI is InChI=1S/C18H36O4/c1-5-7-8-9-10-11-12-16(13-21-14-17-15-22-17)18(6-2,19-3)20-4/h16-17H,5-15H2,1-4H3. The molecule has 2 atom stereocenters. The van der Waals surface area contributed by atoms with Crippen molar-refractivity contribution in [2.24, 2.45) is 5.92 Å². The molecule has 1 saturated heterocycles. The molecular weight excluding hydrogens is 280 g/mol. The predicted octanol–water partition coefficient (Wildman–Crippen LogP) is 4.17. The Morgan fingerprint density at radius 2 is 1.68 bits per heavy atom. The van der Waals surface area contributed by atoms with Crippen LogP contribution >= 0.6 is 0 Å². The van der Waals surface area contributed by atoms with Crippen molar-refractivity contribution in [2.75, 3.05) is 34.0 Å². The SMILES string of the molecule is CCCCCCCCC(COCC1CO1)C(CC)(OC)OC. The molecule has 1 aliphatic heterocycles. The summed E-state index contributed by atoms with van der Waals surface area (Å²) in [5.74, 6) is -0.245. The fourth-order valence-corrected chi connectivity index (χ4v) is 3.10. The zero-order valence-electron chi connectivity index (χ0n) is 15.1. The van der Waals surface area contributed by atoms with Gasteiger partial charge in [0.05, 0.1) is 19.8 Å². The van der Waals surface area contributed by atoms with E-state index in [0.29, 0.717) is 19.3 Å². The van der Waals surface area contributed by atoms with Crippen molar-refractivity contribution in [1.82, 2.24) is 0 Å². The maximum atomic E-state index is 5.84. The summed E-state index contributed by atoms with van der Waals surface area (Å²) >= 11 is 0. The fourth-order valence-electron chi connectivity index (χ4n) is 3.10. The van der Waals surface area contributed by atoms with Gasteiger partial charge in [-0.1, -0.05) is 52.4 Å². The molecule has 1 fully saturated rings. The van der Waals surface area contributed by atoms with E-state index in [4.69, 9.17) is 18.9 Å². The molecule has 0 aliphatic carbocycles. The van der Waals surface area contributed by atoms with Gasteiger partial charge in [0.2, 0.25) is 0 Å². The third-order valence-electron chi connectivity index (χ3n) is 4.74. The van der Waals surface area contributed by atoms with Gasteiger partial charge >= 0.3 is 0 Å². The molecule has 0 amide bonds. The average Bonchev–Trinajstić information content (AvgIpc) is 3.36. The monoisotopic (exact) mass is 316 g/mol. The summed E-state index contributed by atoms with van der Waals surface area (Å²) in [7, 11) is 3.48. The van der Waals surface area contributed by atoms with Gasteiger partial charge < -0.3 is 18.9 Å². The Bertz CT molecular complexity index is 254. The van der Waals surface area contributed by atoms with Gasteiger partial charge in [-0.25, -0.2) is 0 Å². The minimum absolute atomic E-state index is 0.275. The van der Waals surface area contributed by atoms with Crippen LogP contribution in [-0.2, 0) is 18.9 Å². The molecule has 4 nitrogen and oxygen atoms in total. The minimum atomic E-state index is -0.520. The number of hydrogen-bond donors (Lipinski definition) is 0. The summed E-state index contributed by atoms with van der Waals surface area (Å²) in [5, 5.41) is 0. The zero-order valence-corrected chi connectivity index (χ0v) is 15.1. The van der Waals surface area contributed by atoms with Crippen LogP contribution in [0.4, 0.5) is 0 Å². The molecule has 1 heterocycles. The number of methoxy groups -OCH3 is 2. The third-order valence-corrected chi connectivity index (χ3v) is 4.74. The topological polar surface area (TPSA) is 40.2 Å². The first-order chi connectivity index (χ1) is 10.7. The molecule has 0 aromatic carbocycles. The molecule has 22 heavy (non-hydrogen) atoms. The lowest BCUT2D eigenvalue weighted by molar-refractivity contribution is -0.251. The second-order valence-electron chi connectivity index (χ2n) is 6.32. The van der Waals surface area contributed by atoms with E-state index in [9.17, 15) is 0 Å². The zero-order chi connectivity index (χ0) is 16.3. The van der Waals surface area contributed by atoms with E-state index in [1.54, 1.807) is 14.2 Å². The van der Waals surface area contributed by atoms with Crippen LogP contribution in [0.15, 0.2) is 0 Å². The summed E-state index contributed by atoms with van der Waals surface area (Å²) in [6.07, 6.45) is 10.1. The summed E-state index contributed by atoms with van der Waals surface area (Å²) in [6.45, 7) is 6.59. The van der Waals surface area contributed by atoms with Gasteiger partial charge in [0.15, 0.2) is 5.79 Å². The summed E-state index contributed by atoms with van der Waals surface area (Å²) in [4.78, 5) is 0. The van der Waals surface area contributed by atoms with Crippen molar-refractivity contribution in [3.05, 3.63) is 0 Å². The highest BCUT2D eigenvalue weighted by molar-refractivity contribution is 4.79. The molecule has 0 spiro atoms. The molecule has 0 N–H and O–H groups in total. The van der Waals surface area contributed by atoms with Crippen LogP contribution in [0.1, 0.15) is 65.2 Å². The number of unbranched alkanes of at least 4 members (excludes halogenated alkanes) is 5. The van der Waals surface area contributed by atoms with E-state index in [2.05, 4.69) is 13.8 Å². The molecule has 4 heteroatoms. The van der Waals surface area contributed by atoms with Crippen LogP contribution in [0, 0.1) is 5.92 Å². The normalized spacial score (nSPS) is 19.4. The number of rotatable bonds is 15. The van der Waals surface area contributed by atoms with Gasteiger partial charge in [-0.3, -0.25) is 0 Å². The van der Waals surface area contributed by atoms with Gasteiger partial charge in [-0.15, -0.1) is 0 Å². The van der Waals surface area contributed by atoms with Crippen molar-refractivity contribution in [1.29, 1.82) is 0 Å². The maximum absolute atomic E-state index is 5.84. The second kappa shape index (κ2) is 11.4. The van der Waals surface area contributed by atoms with Crippen molar-refractivity contribution in [3.63, 3.8) is 0 Å². The van der Waals surface area contributed by atoms with Gasteiger partial charge in [0, 0.05) is 20.1 Å². The lowest BCUT2D eigenvalue weighted by atomic mass is 9.90. The molecule has 0 radical (unpaired) electrons. The quantitative estimate of drug-likeness (QED) is 0.258. The Morgan fingerprint density at radius 3 is 2.23 bits per heavy atom. The predicted molar refractivity (Wildman–Crippen MR) is 89.1 cm³/mol. The lowest BCUT2D eigenvalue weighted by Crippen LogP contribution is -2.44. The summed E-state index contributed by atoms with van der Waals surface area (Å²) in [5.41, 5.74) is 0. The smallest absolute Gasteiger partial charge is 0.172 e. The Labute approximate surface area is 136 Å². The molecular formula is C18H36O4.